The van der Waals surface area contributed by atoms with Gasteiger partial charge in [-0.2, -0.15) is 0 Å². The summed E-state index contributed by atoms with van der Waals surface area (Å²) in [4.78, 5) is 32.9. The van der Waals surface area contributed by atoms with Gasteiger partial charge in [0, 0.05) is 42.0 Å². The normalized spacial score (nSPS) is 18.1. The van der Waals surface area contributed by atoms with Crippen LogP contribution in [0.1, 0.15) is 76.6 Å². The first-order valence-electron chi connectivity index (χ1n) is 21.1. The van der Waals surface area contributed by atoms with Crippen molar-refractivity contribution in [1.82, 2.24) is 30.2 Å². The molecule has 0 bridgehead atoms. The molecule has 0 amide bonds. The minimum atomic E-state index is -1.86. The van der Waals surface area contributed by atoms with Gasteiger partial charge in [-0.05, 0) is 135 Å². The minimum Gasteiger partial charge on any atom is -0.506 e. The SMILES string of the molecule is CN(CCCn1nnc2cc(CNC[C@H](O)c3ccc(O)c4[nH]c(=O)ccc34)c3c(c21)CCC3)[C@H]1CC[C@H](OC(=O)[C@@](O)(c2cccs2)c2ccc(-c3ccccc3)s2)CC1. The zero-order valence-electron chi connectivity index (χ0n) is 34.0. The first-order chi connectivity index (χ1) is 29.7. The molecule has 2 atom stereocenters. The van der Waals surface area contributed by atoms with Gasteiger partial charge in [-0.3, -0.25) is 4.79 Å². The number of aromatic nitrogens is 4. The van der Waals surface area contributed by atoms with Crippen molar-refractivity contribution in [3.05, 3.63) is 133 Å². The van der Waals surface area contributed by atoms with Crippen LogP contribution in [0.25, 0.3) is 32.4 Å². The van der Waals surface area contributed by atoms with E-state index in [2.05, 4.69) is 43.3 Å². The summed E-state index contributed by atoms with van der Waals surface area (Å²) >= 11 is 2.78. The second-order valence-electron chi connectivity index (χ2n) is 16.3. The quantitative estimate of drug-likeness (QED) is 0.0667. The van der Waals surface area contributed by atoms with Gasteiger partial charge in [0.05, 0.1) is 26.9 Å². The van der Waals surface area contributed by atoms with Crippen molar-refractivity contribution < 1.29 is 24.9 Å². The molecule has 0 unspecified atom stereocenters. The first-order valence-corrected chi connectivity index (χ1v) is 22.8. The fourth-order valence-corrected chi connectivity index (χ4v) is 11.2. The van der Waals surface area contributed by atoms with Crippen LogP contribution in [0.2, 0.25) is 0 Å². The van der Waals surface area contributed by atoms with Crippen molar-refractivity contribution in [3.8, 4) is 16.2 Å². The van der Waals surface area contributed by atoms with Gasteiger partial charge < -0.3 is 35.3 Å². The summed E-state index contributed by atoms with van der Waals surface area (Å²) in [6, 6.07) is 26.2. The van der Waals surface area contributed by atoms with Crippen LogP contribution in [0.3, 0.4) is 0 Å². The Morgan fingerprint density at radius 3 is 2.64 bits per heavy atom. The van der Waals surface area contributed by atoms with E-state index < -0.39 is 17.7 Å². The number of nitrogens with zero attached hydrogens (tertiary/aromatic N) is 4. The summed E-state index contributed by atoms with van der Waals surface area (Å²) in [6.07, 6.45) is 6.16. The average Bonchev–Trinajstić information content (AvgIpc) is 4.12. The number of nitrogens with one attached hydrogen (secondary N) is 2. The van der Waals surface area contributed by atoms with Crippen LogP contribution in [0.4, 0.5) is 0 Å². The maximum Gasteiger partial charge on any atom is 0.349 e. The monoisotopic (exact) mass is 858 g/mol. The number of phenols is 1. The van der Waals surface area contributed by atoms with Crippen LogP contribution in [-0.4, -0.2) is 78.4 Å². The molecule has 316 valence electrons. The highest BCUT2D eigenvalue weighted by molar-refractivity contribution is 7.16. The fourth-order valence-electron chi connectivity index (χ4n) is 9.25. The topological polar surface area (TPSA) is 166 Å². The standard InChI is InChI=1S/C47H50N6O6S2/c1-52(31-13-15-32(16-14-31)59-46(57)47(58,41-12-6-25-60-41)42-21-20-40(61-42)29-8-3-2-4-9-29)23-7-24-53-45-36-11-5-10-33(36)30(26-37(45)50-51-53)27-48-28-39(55)34-17-19-38(54)44-35(34)18-22-43(56)49-44/h2-4,6,8-9,12,17-22,25-26,31-32,39,48,54-55,58H,5,7,10-11,13-16,23-24,27-28H2,1H3,(H,49,56)/t31-,32-,39-,47+/m0/s1. The Morgan fingerprint density at radius 1 is 1.02 bits per heavy atom. The van der Waals surface area contributed by atoms with Gasteiger partial charge >= 0.3 is 5.97 Å². The van der Waals surface area contributed by atoms with Crippen LogP contribution >= 0.6 is 22.7 Å². The maximum absolute atomic E-state index is 13.9. The molecule has 1 fully saturated rings. The van der Waals surface area contributed by atoms with Crippen molar-refractivity contribution in [2.45, 2.75) is 88.3 Å². The van der Waals surface area contributed by atoms with Crippen molar-refractivity contribution in [3.63, 3.8) is 0 Å². The van der Waals surface area contributed by atoms with Gasteiger partial charge in [0.2, 0.25) is 11.2 Å². The molecular formula is C47H50N6O6S2. The van der Waals surface area contributed by atoms with Gasteiger partial charge in [0.1, 0.15) is 17.4 Å². The molecule has 9 rings (SSSR count). The number of rotatable bonds is 15. The predicted molar refractivity (Wildman–Crippen MR) is 239 cm³/mol. The second kappa shape index (κ2) is 17.6. The molecular weight excluding hydrogens is 809 g/mol. The predicted octanol–water partition coefficient (Wildman–Crippen LogP) is 7.19. The number of aromatic amines is 1. The second-order valence-corrected chi connectivity index (χ2v) is 18.4. The molecule has 2 aliphatic carbocycles. The number of aliphatic hydroxyl groups is 2. The lowest BCUT2D eigenvalue weighted by Crippen LogP contribution is -2.42. The molecule has 5 N–H and O–H groups in total. The summed E-state index contributed by atoms with van der Waals surface area (Å²) in [7, 11) is 2.17. The number of ether oxygens (including phenoxy) is 1. The van der Waals surface area contributed by atoms with Gasteiger partial charge in [0.25, 0.3) is 0 Å². The molecule has 0 saturated heterocycles. The largest absolute Gasteiger partial charge is 0.506 e. The Labute approximate surface area is 361 Å². The highest BCUT2D eigenvalue weighted by Gasteiger charge is 2.45. The van der Waals surface area contributed by atoms with Crippen molar-refractivity contribution in [2.75, 3.05) is 20.1 Å². The van der Waals surface area contributed by atoms with E-state index in [0.717, 1.165) is 85.9 Å². The van der Waals surface area contributed by atoms with Gasteiger partial charge in [-0.1, -0.05) is 47.7 Å². The number of aliphatic hydroxyl groups excluding tert-OH is 1. The number of pyridine rings is 1. The van der Waals surface area contributed by atoms with E-state index in [1.165, 1.54) is 51.5 Å². The van der Waals surface area contributed by atoms with E-state index in [4.69, 9.17) is 4.74 Å². The van der Waals surface area contributed by atoms with Crippen molar-refractivity contribution >= 4 is 50.6 Å². The van der Waals surface area contributed by atoms with E-state index in [1.54, 1.807) is 18.2 Å². The summed E-state index contributed by atoms with van der Waals surface area (Å²) in [6.45, 7) is 2.52. The van der Waals surface area contributed by atoms with E-state index in [-0.39, 0.29) is 17.4 Å². The van der Waals surface area contributed by atoms with E-state index in [1.807, 2.05) is 53.9 Å². The van der Waals surface area contributed by atoms with Gasteiger partial charge in [-0.25, -0.2) is 9.48 Å². The molecule has 1 saturated carbocycles. The molecule has 3 aromatic carbocycles. The highest BCUT2D eigenvalue weighted by Crippen LogP contribution is 2.42. The molecule has 4 heterocycles. The van der Waals surface area contributed by atoms with Crippen molar-refractivity contribution in [2.24, 2.45) is 0 Å². The molecule has 14 heteroatoms. The third-order valence-electron chi connectivity index (χ3n) is 12.5. The number of fused-ring (bicyclic) bond motifs is 4. The lowest BCUT2D eigenvalue weighted by molar-refractivity contribution is -0.169. The summed E-state index contributed by atoms with van der Waals surface area (Å²) < 4.78 is 8.19. The van der Waals surface area contributed by atoms with Crippen LogP contribution in [0.15, 0.2) is 95.1 Å². The number of hydrogen-bond acceptors (Lipinski definition) is 12. The Morgan fingerprint density at radius 2 is 1.84 bits per heavy atom. The number of aromatic hydroxyl groups is 1. The molecule has 4 aromatic heterocycles. The number of hydrogen-bond donors (Lipinski definition) is 5. The zero-order valence-corrected chi connectivity index (χ0v) is 35.7. The maximum atomic E-state index is 13.9. The van der Waals surface area contributed by atoms with E-state index in [9.17, 15) is 24.9 Å². The van der Waals surface area contributed by atoms with Crippen LogP contribution in [-0.2, 0) is 41.1 Å². The number of esters is 1. The third-order valence-corrected chi connectivity index (χ3v) is 14.7. The van der Waals surface area contributed by atoms with Gasteiger partial charge in [0.15, 0.2) is 0 Å². The zero-order chi connectivity index (χ0) is 42.1. The molecule has 2 aliphatic rings. The molecule has 12 nitrogen and oxygen atoms in total. The first kappa shape index (κ1) is 41.1. The molecule has 0 radical (unpaired) electrons. The lowest BCUT2D eigenvalue weighted by Gasteiger charge is -2.35. The van der Waals surface area contributed by atoms with E-state index in [0.29, 0.717) is 45.4 Å². The average molecular weight is 859 g/mol. The molecule has 7 aromatic rings. The molecule has 0 spiro atoms. The lowest BCUT2D eigenvalue weighted by atomic mass is 9.91. The smallest absolute Gasteiger partial charge is 0.349 e. The highest BCUT2D eigenvalue weighted by atomic mass is 32.1. The van der Waals surface area contributed by atoms with Crippen LogP contribution < -0.4 is 10.9 Å². The van der Waals surface area contributed by atoms with E-state index >= 15 is 0 Å². The number of aryl methyl sites for hydroxylation is 2. The number of H-pyrrole nitrogens is 1. The van der Waals surface area contributed by atoms with Gasteiger partial charge in [-0.15, -0.1) is 27.8 Å². The number of carbonyl (C=O) groups excluding carboxylic acids is 1. The number of benzene rings is 3. The third kappa shape index (κ3) is 8.28. The number of phenolic OH excluding ortho intramolecular Hbond substituents is 1. The number of thiophene rings is 2. The summed E-state index contributed by atoms with van der Waals surface area (Å²) in [5.41, 5.74) is 5.64. The Hall–Kier alpha value is -5.22. The minimum absolute atomic E-state index is 0.0331. The van der Waals surface area contributed by atoms with Crippen molar-refractivity contribution in [1.29, 1.82) is 0 Å². The Balaban J connectivity index is 0.780. The van der Waals surface area contributed by atoms with Crippen LogP contribution in [0, 0.1) is 0 Å². The Kier molecular flexibility index (Phi) is 11.9. The number of carbonyl (C=O) groups is 1. The Bertz CT molecular complexity index is 2710. The molecule has 61 heavy (non-hydrogen) atoms. The molecule has 0 aliphatic heterocycles. The summed E-state index contributed by atoms with van der Waals surface area (Å²) in [5, 5.41) is 48.5. The fraction of sp³-hybridized carbons (Fsp3) is 0.362. The summed E-state index contributed by atoms with van der Waals surface area (Å²) in [5.74, 6) is -0.643. The van der Waals surface area contributed by atoms with Crippen LogP contribution in [0.5, 0.6) is 5.75 Å².